The van der Waals surface area contributed by atoms with Gasteiger partial charge in [0.15, 0.2) is 5.13 Å². The van der Waals surface area contributed by atoms with Crippen LogP contribution in [-0.4, -0.2) is 32.4 Å². The van der Waals surface area contributed by atoms with Crippen molar-refractivity contribution in [3.63, 3.8) is 0 Å². The standard InChI is InChI=1S/C34H39N7O3S/c1-21-12-14-23(15-13-21)41-29(19-28(40-41)33(2,3)4)37-30(42)35-20-22-10-8-9-11-26(22)44-24-16-17-25-27(18-24)45-32(36-25)38-31(43)39-34(5,6)7/h8-19H,20H2,1-7H3,(H2,35,37,42)(H2,36,38,39,43). The van der Waals surface area contributed by atoms with Crippen molar-refractivity contribution < 1.29 is 14.3 Å². The fourth-order valence-electron chi connectivity index (χ4n) is 4.42. The second-order valence-corrected chi connectivity index (χ2v) is 13.9. The lowest BCUT2D eigenvalue weighted by Gasteiger charge is -2.19. The van der Waals surface area contributed by atoms with Crippen molar-refractivity contribution in [1.82, 2.24) is 25.4 Å². The SMILES string of the molecule is Cc1ccc(-n2nc(C(C)(C)C)cc2NC(=O)NCc2ccccc2Oc2ccc3nc(NC(=O)NC(C)(C)C)sc3c2)cc1. The molecule has 0 aliphatic carbocycles. The lowest BCUT2D eigenvalue weighted by Crippen LogP contribution is -2.43. The van der Waals surface area contributed by atoms with Crippen LogP contribution >= 0.6 is 11.3 Å². The summed E-state index contributed by atoms with van der Waals surface area (Å²) in [5, 5.41) is 16.9. The smallest absolute Gasteiger partial charge is 0.321 e. The normalized spacial score (nSPS) is 11.7. The predicted molar refractivity (Wildman–Crippen MR) is 181 cm³/mol. The third-order valence-electron chi connectivity index (χ3n) is 6.71. The Bertz CT molecular complexity index is 1830. The number of aromatic nitrogens is 3. The van der Waals surface area contributed by atoms with Crippen LogP contribution in [0, 0.1) is 6.92 Å². The summed E-state index contributed by atoms with van der Waals surface area (Å²) in [7, 11) is 0. The number of amides is 4. The molecular weight excluding hydrogens is 586 g/mol. The van der Waals surface area contributed by atoms with Crippen LogP contribution in [0.4, 0.5) is 20.5 Å². The molecule has 0 saturated carbocycles. The number of hydrogen-bond acceptors (Lipinski definition) is 6. The van der Waals surface area contributed by atoms with Gasteiger partial charge in [0, 0.05) is 35.2 Å². The summed E-state index contributed by atoms with van der Waals surface area (Å²) >= 11 is 1.36. The van der Waals surface area contributed by atoms with Crippen LogP contribution in [0.15, 0.2) is 72.8 Å². The quantitative estimate of drug-likeness (QED) is 0.146. The molecule has 5 rings (SSSR count). The summed E-state index contributed by atoms with van der Waals surface area (Å²) in [4.78, 5) is 29.9. The molecule has 2 heterocycles. The van der Waals surface area contributed by atoms with Crippen LogP contribution in [0.3, 0.4) is 0 Å². The third-order valence-corrected chi connectivity index (χ3v) is 7.64. The molecule has 4 amide bonds. The largest absolute Gasteiger partial charge is 0.457 e. The van der Waals surface area contributed by atoms with Crippen molar-refractivity contribution in [3.8, 4) is 17.2 Å². The van der Waals surface area contributed by atoms with Crippen molar-refractivity contribution in [1.29, 1.82) is 0 Å². The van der Waals surface area contributed by atoms with E-state index in [9.17, 15) is 9.59 Å². The molecule has 4 N–H and O–H groups in total. The Morgan fingerprint density at radius 3 is 2.33 bits per heavy atom. The molecule has 0 fully saturated rings. The molecule has 2 aromatic heterocycles. The number of thiazole rings is 1. The molecular formula is C34H39N7O3S. The molecule has 0 radical (unpaired) electrons. The Labute approximate surface area is 267 Å². The van der Waals surface area contributed by atoms with Gasteiger partial charge in [-0.15, -0.1) is 0 Å². The molecule has 0 bridgehead atoms. The lowest BCUT2D eigenvalue weighted by molar-refractivity contribution is 0.243. The van der Waals surface area contributed by atoms with Gasteiger partial charge in [-0.25, -0.2) is 19.3 Å². The molecule has 0 aliphatic rings. The highest BCUT2D eigenvalue weighted by Crippen LogP contribution is 2.32. The van der Waals surface area contributed by atoms with Gasteiger partial charge in [-0.3, -0.25) is 10.6 Å². The predicted octanol–water partition coefficient (Wildman–Crippen LogP) is 8.12. The maximum absolute atomic E-state index is 13.1. The molecule has 0 saturated heterocycles. The van der Waals surface area contributed by atoms with Gasteiger partial charge in [-0.05, 0) is 58.0 Å². The van der Waals surface area contributed by atoms with E-state index in [1.54, 1.807) is 4.68 Å². The van der Waals surface area contributed by atoms with Gasteiger partial charge < -0.3 is 15.4 Å². The minimum absolute atomic E-state index is 0.194. The number of para-hydroxylation sites is 1. The van der Waals surface area contributed by atoms with Gasteiger partial charge in [0.25, 0.3) is 0 Å². The number of carbonyl (C=O) groups excluding carboxylic acids is 2. The van der Waals surface area contributed by atoms with Crippen molar-refractivity contribution in [3.05, 3.63) is 89.6 Å². The van der Waals surface area contributed by atoms with E-state index in [0.29, 0.717) is 22.4 Å². The summed E-state index contributed by atoms with van der Waals surface area (Å²) < 4.78 is 8.87. The average Bonchev–Trinajstić information content (AvgIpc) is 3.55. The van der Waals surface area contributed by atoms with Gasteiger partial charge in [-0.2, -0.15) is 5.10 Å². The van der Waals surface area contributed by atoms with Crippen molar-refractivity contribution in [2.24, 2.45) is 0 Å². The van der Waals surface area contributed by atoms with E-state index in [1.807, 2.05) is 100 Å². The summed E-state index contributed by atoms with van der Waals surface area (Å²) in [6.45, 7) is 14.3. The highest BCUT2D eigenvalue weighted by molar-refractivity contribution is 7.22. The Balaban J connectivity index is 1.27. The van der Waals surface area contributed by atoms with E-state index in [2.05, 4.69) is 47.0 Å². The number of rotatable bonds is 7. The van der Waals surface area contributed by atoms with E-state index >= 15 is 0 Å². The van der Waals surface area contributed by atoms with Gasteiger partial charge >= 0.3 is 12.1 Å². The van der Waals surface area contributed by atoms with Crippen LogP contribution < -0.4 is 26.0 Å². The van der Waals surface area contributed by atoms with Crippen LogP contribution in [-0.2, 0) is 12.0 Å². The highest BCUT2D eigenvalue weighted by Gasteiger charge is 2.22. The second kappa shape index (κ2) is 12.6. The number of hydrogen-bond donors (Lipinski definition) is 4. The minimum atomic E-state index is -0.361. The highest BCUT2D eigenvalue weighted by atomic mass is 32.1. The van der Waals surface area contributed by atoms with E-state index in [4.69, 9.17) is 9.84 Å². The fourth-order valence-corrected chi connectivity index (χ4v) is 5.31. The average molecular weight is 626 g/mol. The number of carbonyl (C=O) groups is 2. The van der Waals surface area contributed by atoms with Gasteiger partial charge in [0.2, 0.25) is 0 Å². The number of aryl methyl sites for hydroxylation is 1. The Morgan fingerprint density at radius 1 is 0.889 bits per heavy atom. The summed E-state index contributed by atoms with van der Waals surface area (Å²) in [5.41, 5.74) is 3.88. The van der Waals surface area contributed by atoms with Crippen LogP contribution in [0.1, 0.15) is 58.4 Å². The third kappa shape index (κ3) is 8.18. The fraction of sp³-hybridized carbons (Fsp3) is 0.294. The maximum Gasteiger partial charge on any atom is 0.321 e. The first-order valence-electron chi connectivity index (χ1n) is 14.7. The molecule has 0 aliphatic heterocycles. The topological polar surface area (TPSA) is 122 Å². The van der Waals surface area contributed by atoms with E-state index in [0.717, 1.165) is 32.7 Å². The van der Waals surface area contributed by atoms with Gasteiger partial charge in [-0.1, -0.05) is 68.0 Å². The first-order chi connectivity index (χ1) is 21.2. The monoisotopic (exact) mass is 625 g/mol. The summed E-state index contributed by atoms with van der Waals surface area (Å²) in [6.07, 6.45) is 0. The molecule has 45 heavy (non-hydrogen) atoms. The Morgan fingerprint density at radius 2 is 1.62 bits per heavy atom. The zero-order valence-electron chi connectivity index (χ0n) is 26.6. The second-order valence-electron chi connectivity index (χ2n) is 12.9. The van der Waals surface area contributed by atoms with Crippen LogP contribution in [0.2, 0.25) is 0 Å². The van der Waals surface area contributed by atoms with Crippen LogP contribution in [0.25, 0.3) is 15.9 Å². The first kappa shape index (κ1) is 31.5. The number of urea groups is 2. The minimum Gasteiger partial charge on any atom is -0.457 e. The number of anilines is 2. The number of nitrogens with one attached hydrogen (secondary N) is 4. The van der Waals surface area contributed by atoms with E-state index in [1.165, 1.54) is 11.3 Å². The number of benzene rings is 3. The molecule has 0 unspecified atom stereocenters. The van der Waals surface area contributed by atoms with Crippen molar-refractivity contribution in [2.45, 2.75) is 66.0 Å². The zero-order valence-corrected chi connectivity index (χ0v) is 27.4. The molecule has 3 aromatic carbocycles. The summed E-state index contributed by atoms with van der Waals surface area (Å²) in [6, 6.07) is 22.4. The van der Waals surface area contributed by atoms with Crippen LogP contribution in [0.5, 0.6) is 11.5 Å². The zero-order chi connectivity index (χ0) is 32.4. The summed E-state index contributed by atoms with van der Waals surface area (Å²) in [5.74, 6) is 1.81. The lowest BCUT2D eigenvalue weighted by atomic mass is 9.92. The number of nitrogens with zero attached hydrogens (tertiary/aromatic N) is 3. The Hall–Kier alpha value is -4.90. The number of fused-ring (bicyclic) bond motifs is 1. The molecule has 10 nitrogen and oxygen atoms in total. The molecule has 0 atom stereocenters. The Kier molecular flexibility index (Phi) is 8.83. The molecule has 5 aromatic rings. The molecule has 11 heteroatoms. The van der Waals surface area contributed by atoms with Gasteiger partial charge in [0.05, 0.1) is 21.6 Å². The first-order valence-corrected chi connectivity index (χ1v) is 15.5. The van der Waals surface area contributed by atoms with Gasteiger partial charge in [0.1, 0.15) is 17.3 Å². The van der Waals surface area contributed by atoms with E-state index < -0.39 is 0 Å². The number of ether oxygens (including phenoxy) is 1. The van der Waals surface area contributed by atoms with E-state index in [-0.39, 0.29) is 29.6 Å². The molecule has 234 valence electrons. The maximum atomic E-state index is 13.1. The van der Waals surface area contributed by atoms with Crippen molar-refractivity contribution >= 4 is 44.6 Å². The van der Waals surface area contributed by atoms with Crippen molar-refractivity contribution in [2.75, 3.05) is 10.6 Å². The molecule has 0 spiro atoms.